The predicted octanol–water partition coefficient (Wildman–Crippen LogP) is 9.65. The van der Waals surface area contributed by atoms with Gasteiger partial charge in [0.25, 0.3) is 0 Å². The Morgan fingerprint density at radius 2 is 1.00 bits per heavy atom. The highest BCUT2D eigenvalue weighted by molar-refractivity contribution is 7.60. The lowest BCUT2D eigenvalue weighted by molar-refractivity contribution is -0.137. The van der Waals surface area contributed by atoms with Gasteiger partial charge in [0.05, 0.1) is 10.3 Å². The molecule has 0 spiro atoms. The van der Waals surface area contributed by atoms with E-state index in [2.05, 4.69) is 12.9 Å². The van der Waals surface area contributed by atoms with Gasteiger partial charge in [-0.25, -0.2) is 0 Å². The number of rotatable bonds is 23. The van der Waals surface area contributed by atoms with Crippen LogP contribution in [0, 0.1) is 0 Å². The molecule has 0 aliphatic rings. The fourth-order valence-electron chi connectivity index (χ4n) is 4.40. The van der Waals surface area contributed by atoms with E-state index in [4.69, 9.17) is 31.0 Å². The number of benzene rings is 1. The maximum Gasteiger partial charge on any atom is 0.357 e. The first-order valence-electron chi connectivity index (χ1n) is 15.0. The van der Waals surface area contributed by atoms with Crippen LogP contribution in [0.3, 0.4) is 0 Å². The fourth-order valence-corrected chi connectivity index (χ4v) is 5.50. The Hall–Kier alpha value is -0.980. The van der Waals surface area contributed by atoms with Crippen molar-refractivity contribution in [3.05, 3.63) is 29.3 Å². The molecule has 0 radical (unpaired) electrons. The second kappa shape index (κ2) is 30.0. The summed E-state index contributed by atoms with van der Waals surface area (Å²) in [6, 6.07) is 5.89. The zero-order valence-corrected chi connectivity index (χ0v) is 26.0. The van der Waals surface area contributed by atoms with Crippen molar-refractivity contribution in [3.63, 3.8) is 0 Å². The van der Waals surface area contributed by atoms with Crippen molar-refractivity contribution in [3.8, 4) is 0 Å². The van der Waals surface area contributed by atoms with Crippen molar-refractivity contribution in [2.24, 2.45) is 5.96 Å². The maximum atomic E-state index is 10.7. The van der Waals surface area contributed by atoms with E-state index in [-0.39, 0.29) is 10.3 Å². The van der Waals surface area contributed by atoms with E-state index in [9.17, 15) is 9.36 Å². The van der Waals surface area contributed by atoms with Crippen LogP contribution in [0.2, 0.25) is 5.02 Å². The van der Waals surface area contributed by atoms with Crippen LogP contribution in [0.4, 0.5) is 4.48 Å². The normalized spacial score (nSPS) is 10.8. The molecule has 0 aromatic heterocycles. The van der Waals surface area contributed by atoms with Crippen LogP contribution in [-0.2, 0) is 9.36 Å². The quantitative estimate of drug-likeness (QED) is 0.0567. The van der Waals surface area contributed by atoms with Crippen LogP contribution in [0.1, 0.15) is 148 Å². The number of halogens is 2. The van der Waals surface area contributed by atoms with Crippen molar-refractivity contribution < 1.29 is 28.7 Å². The lowest BCUT2D eigenvalue weighted by Gasteiger charge is -2.04. The van der Waals surface area contributed by atoms with E-state index >= 15 is 0 Å². The molecule has 6 nitrogen and oxygen atoms in total. The minimum Gasteiger partial charge on any atom is -0.481 e. The molecule has 1 rings (SSSR count). The summed E-state index contributed by atoms with van der Waals surface area (Å²) >= 11 is 5.52. The summed E-state index contributed by atoms with van der Waals surface area (Å²) in [6.07, 6.45) is 29.1. The van der Waals surface area contributed by atoms with Crippen LogP contribution in [-0.4, -0.2) is 20.9 Å². The van der Waals surface area contributed by atoms with Gasteiger partial charge in [-0.2, -0.15) is 5.96 Å². The average Bonchev–Trinajstić information content (AvgIpc) is 2.90. The average molecular weight is 596 g/mol. The summed E-state index contributed by atoms with van der Waals surface area (Å²) < 4.78 is 19.7. The Morgan fingerprint density at radius 3 is 1.26 bits per heavy atom. The Kier molecular flexibility index (Phi) is 30.9. The minimum absolute atomic E-state index is 0.0980. The topological polar surface area (TPSA) is 121 Å². The van der Waals surface area contributed by atoms with Crippen LogP contribution < -0.4 is 11.3 Å². The lowest BCUT2D eigenvalue weighted by atomic mass is 10.0. The van der Waals surface area contributed by atoms with Gasteiger partial charge < -0.3 is 14.9 Å². The van der Waals surface area contributed by atoms with Crippen molar-refractivity contribution >= 4 is 30.5 Å². The van der Waals surface area contributed by atoms with Crippen LogP contribution in [0.15, 0.2) is 24.3 Å². The van der Waals surface area contributed by atoms with Crippen molar-refractivity contribution in [1.29, 1.82) is 0 Å². The number of hydrogen-bond acceptors (Lipinski definition) is 3. The maximum absolute atomic E-state index is 10.7. The van der Waals surface area contributed by atoms with Crippen molar-refractivity contribution in [2.45, 2.75) is 148 Å². The molecule has 0 saturated carbocycles. The van der Waals surface area contributed by atoms with Crippen LogP contribution in [0.25, 0.3) is 0 Å². The molecule has 230 valence electrons. The number of unbranched alkanes of at least 4 members (excludes halogenated alkanes) is 20. The Labute approximate surface area is 242 Å². The molecule has 1 aromatic rings. The van der Waals surface area contributed by atoms with E-state index in [1.165, 1.54) is 140 Å². The largest absolute Gasteiger partial charge is 0.481 e. The molecule has 5 N–H and O–H groups in total. The van der Waals surface area contributed by atoms with Gasteiger partial charge >= 0.3 is 13.6 Å². The van der Waals surface area contributed by atoms with Gasteiger partial charge in [-0.3, -0.25) is 9.36 Å². The first-order valence-corrected chi connectivity index (χ1v) is 17.0. The summed E-state index contributed by atoms with van der Waals surface area (Å²) in [4.78, 5) is 27.8. The molecular formula is C30H56ClFNO5P. The second-order valence-corrected chi connectivity index (χ2v) is 12.2. The van der Waals surface area contributed by atoms with Crippen LogP contribution >= 0.6 is 19.2 Å². The SMILES string of the molecule is CCCCCCCCCCCCCCCCCCCCCCCC(=O)O.NF.O=P(O)(O)c1ccccc1Cl. The molecular weight excluding hydrogens is 540 g/mol. The summed E-state index contributed by atoms with van der Waals surface area (Å²) in [5.41, 5.74) is 0. The highest BCUT2D eigenvalue weighted by atomic mass is 35.5. The van der Waals surface area contributed by atoms with Crippen molar-refractivity contribution in [1.82, 2.24) is 0 Å². The minimum atomic E-state index is -4.19. The molecule has 0 bridgehead atoms. The van der Waals surface area contributed by atoms with Crippen molar-refractivity contribution in [2.75, 3.05) is 0 Å². The zero-order chi connectivity index (χ0) is 29.6. The highest BCUT2D eigenvalue weighted by Crippen LogP contribution is 2.35. The number of carboxylic acid groups (broad SMARTS) is 1. The van der Waals surface area contributed by atoms with E-state index in [0.29, 0.717) is 6.42 Å². The third-order valence-electron chi connectivity index (χ3n) is 6.66. The van der Waals surface area contributed by atoms with Gasteiger partial charge in [0.2, 0.25) is 0 Å². The van der Waals surface area contributed by atoms with Gasteiger partial charge in [0.15, 0.2) is 0 Å². The monoisotopic (exact) mass is 595 g/mol. The third-order valence-corrected chi connectivity index (χ3v) is 8.14. The number of hydrogen-bond donors (Lipinski definition) is 4. The van der Waals surface area contributed by atoms with Gasteiger partial charge in [0, 0.05) is 6.42 Å². The van der Waals surface area contributed by atoms with Gasteiger partial charge in [-0.05, 0) is 18.6 Å². The van der Waals surface area contributed by atoms with Crippen LogP contribution in [0.5, 0.6) is 0 Å². The molecule has 0 amide bonds. The Morgan fingerprint density at radius 1 is 0.692 bits per heavy atom. The molecule has 0 aliphatic carbocycles. The molecule has 0 unspecified atom stereocenters. The zero-order valence-electron chi connectivity index (χ0n) is 24.3. The molecule has 0 heterocycles. The standard InChI is InChI=1S/C24H48O2.C6H6ClO3P.FH2N/c1-2-3-4-5-6-7-8-9-10-11-12-13-14-15-16-17-18-19-20-21-22-23-24(25)26;7-5-3-1-2-4-6(5)11(8,9)10;1-2/h2-23H2,1H3,(H,25,26);1-4H,(H2,8,9,10);2H2. The summed E-state index contributed by atoms with van der Waals surface area (Å²) in [5.74, 6) is 2.35. The number of carbonyl (C=O) groups is 1. The lowest BCUT2D eigenvalue weighted by Crippen LogP contribution is -2.03. The van der Waals surface area contributed by atoms with E-state index in [0.717, 1.165) is 12.8 Å². The molecule has 0 saturated heterocycles. The van der Waals surface area contributed by atoms with E-state index in [1.54, 1.807) is 6.07 Å². The summed E-state index contributed by atoms with van der Waals surface area (Å²) in [6.45, 7) is 2.29. The van der Waals surface area contributed by atoms with Gasteiger partial charge in [-0.15, -0.1) is 4.48 Å². The smallest absolute Gasteiger partial charge is 0.357 e. The molecule has 1 aromatic carbocycles. The first-order chi connectivity index (χ1) is 18.8. The molecule has 0 atom stereocenters. The Bertz CT molecular complexity index is 720. The highest BCUT2D eigenvalue weighted by Gasteiger charge is 2.19. The summed E-state index contributed by atoms with van der Waals surface area (Å²) in [5, 5.41) is 8.55. The third kappa shape index (κ3) is 29.8. The predicted molar refractivity (Wildman–Crippen MR) is 163 cm³/mol. The summed E-state index contributed by atoms with van der Waals surface area (Å²) in [7, 11) is -4.19. The van der Waals surface area contributed by atoms with E-state index in [1.807, 2.05) is 0 Å². The number of nitrogens with two attached hydrogens (primary N) is 1. The molecule has 0 aliphatic heterocycles. The molecule has 0 fully saturated rings. The fraction of sp³-hybridized carbons (Fsp3) is 0.767. The first kappa shape index (κ1) is 40.2. The number of aliphatic carboxylic acids is 1. The number of carboxylic acids is 1. The molecule has 9 heteroatoms. The van der Waals surface area contributed by atoms with Gasteiger partial charge in [-0.1, -0.05) is 159 Å². The molecule has 39 heavy (non-hydrogen) atoms. The van der Waals surface area contributed by atoms with Gasteiger partial charge in [0.1, 0.15) is 0 Å². The second-order valence-electron chi connectivity index (χ2n) is 10.2. The Balaban J connectivity index is 0. The van der Waals surface area contributed by atoms with E-state index < -0.39 is 13.6 Å².